The van der Waals surface area contributed by atoms with Crippen molar-refractivity contribution in [1.29, 1.82) is 0 Å². The summed E-state index contributed by atoms with van der Waals surface area (Å²) in [6.07, 6.45) is 2.80. The summed E-state index contributed by atoms with van der Waals surface area (Å²) in [6.45, 7) is 5.43. The molecule has 0 radical (unpaired) electrons. The first-order valence-electron chi connectivity index (χ1n) is 7.94. The van der Waals surface area contributed by atoms with Gasteiger partial charge in [-0.1, -0.05) is 0 Å². The van der Waals surface area contributed by atoms with Crippen LogP contribution in [-0.2, 0) is 4.74 Å². The lowest BCUT2D eigenvalue weighted by molar-refractivity contribution is 0.0492. The molecule has 0 spiro atoms. The fourth-order valence-electron chi connectivity index (χ4n) is 2.75. The molecule has 0 aliphatic heterocycles. The molecule has 6 heteroatoms. The summed E-state index contributed by atoms with van der Waals surface area (Å²) in [5.41, 5.74) is -0.380. The first-order chi connectivity index (χ1) is 10.7. The van der Waals surface area contributed by atoms with Crippen LogP contribution in [0.3, 0.4) is 0 Å². The maximum atomic E-state index is 13.7. The van der Waals surface area contributed by atoms with Crippen LogP contribution >= 0.6 is 0 Å². The van der Waals surface area contributed by atoms with Crippen molar-refractivity contribution in [2.45, 2.75) is 64.1 Å². The minimum atomic E-state index is -0.541. The second-order valence-corrected chi connectivity index (χ2v) is 6.98. The van der Waals surface area contributed by atoms with Crippen LogP contribution in [0.5, 0.6) is 0 Å². The molecule has 1 saturated carbocycles. The molecule has 0 heterocycles. The number of anilines is 1. The Kier molecular flexibility index (Phi) is 5.44. The number of alkyl carbamates (subject to hydrolysis) is 1. The highest BCUT2D eigenvalue weighted by molar-refractivity contribution is 5.68. The molecular formula is C17H24F2N2O2. The molecule has 2 rings (SSSR count). The van der Waals surface area contributed by atoms with Crippen LogP contribution in [0.25, 0.3) is 0 Å². The van der Waals surface area contributed by atoms with Gasteiger partial charge in [0.15, 0.2) is 0 Å². The van der Waals surface area contributed by atoms with E-state index < -0.39 is 23.3 Å². The monoisotopic (exact) mass is 326 g/mol. The Bertz CT molecular complexity index is 558. The third-order valence-electron chi connectivity index (χ3n) is 3.68. The molecule has 2 atom stereocenters. The van der Waals surface area contributed by atoms with E-state index >= 15 is 0 Å². The van der Waals surface area contributed by atoms with Crippen molar-refractivity contribution in [1.82, 2.24) is 5.32 Å². The Morgan fingerprint density at radius 3 is 2.61 bits per heavy atom. The fraction of sp³-hybridized carbons (Fsp3) is 0.588. The lowest BCUT2D eigenvalue weighted by atomic mass is 9.91. The van der Waals surface area contributed by atoms with Crippen molar-refractivity contribution < 1.29 is 18.3 Å². The first-order valence-corrected chi connectivity index (χ1v) is 7.94. The smallest absolute Gasteiger partial charge is 0.407 e. The van der Waals surface area contributed by atoms with E-state index in [0.29, 0.717) is 6.42 Å². The van der Waals surface area contributed by atoms with Gasteiger partial charge in [0.25, 0.3) is 0 Å². The summed E-state index contributed by atoms with van der Waals surface area (Å²) < 4.78 is 32.2. The van der Waals surface area contributed by atoms with Gasteiger partial charge in [-0.3, -0.25) is 0 Å². The zero-order valence-corrected chi connectivity index (χ0v) is 13.8. The van der Waals surface area contributed by atoms with Crippen molar-refractivity contribution in [3.63, 3.8) is 0 Å². The topological polar surface area (TPSA) is 50.4 Å². The van der Waals surface area contributed by atoms with Crippen LogP contribution in [0, 0.1) is 11.6 Å². The molecule has 1 fully saturated rings. The van der Waals surface area contributed by atoms with Gasteiger partial charge in [-0.15, -0.1) is 0 Å². The highest BCUT2D eigenvalue weighted by atomic mass is 19.1. The molecular weight excluding hydrogens is 302 g/mol. The zero-order valence-electron chi connectivity index (χ0n) is 13.8. The second kappa shape index (κ2) is 7.15. The number of hydrogen-bond acceptors (Lipinski definition) is 3. The van der Waals surface area contributed by atoms with Crippen LogP contribution in [0.2, 0.25) is 0 Å². The Balaban J connectivity index is 1.90. The van der Waals surface area contributed by atoms with Crippen molar-refractivity contribution >= 4 is 11.8 Å². The standard InChI is InChI=1S/C17H24F2N2O2/c1-17(2,3)23-16(22)21-13-6-4-5-12(10-13)20-15-9-11(18)7-8-14(15)19/h7-9,12-13,20H,4-6,10H2,1-3H3,(H,21,22). The van der Waals surface area contributed by atoms with Gasteiger partial charge in [0.1, 0.15) is 17.2 Å². The minimum Gasteiger partial charge on any atom is -0.444 e. The van der Waals surface area contributed by atoms with Gasteiger partial charge in [0, 0.05) is 12.1 Å². The molecule has 23 heavy (non-hydrogen) atoms. The number of hydrogen-bond donors (Lipinski definition) is 2. The van der Waals surface area contributed by atoms with Gasteiger partial charge in [0.2, 0.25) is 0 Å². The molecule has 1 aliphatic rings. The van der Waals surface area contributed by atoms with Crippen molar-refractivity contribution in [3.05, 3.63) is 29.8 Å². The second-order valence-electron chi connectivity index (χ2n) is 6.98. The van der Waals surface area contributed by atoms with Gasteiger partial charge in [-0.2, -0.15) is 0 Å². The Hall–Kier alpha value is -1.85. The number of rotatable bonds is 3. The van der Waals surface area contributed by atoms with Gasteiger partial charge in [-0.25, -0.2) is 13.6 Å². The molecule has 0 aromatic heterocycles. The van der Waals surface area contributed by atoms with Crippen molar-refractivity contribution in [2.75, 3.05) is 5.32 Å². The number of halogens is 2. The van der Waals surface area contributed by atoms with Crippen LogP contribution in [-0.4, -0.2) is 23.8 Å². The molecule has 1 aliphatic carbocycles. The van der Waals surface area contributed by atoms with E-state index in [1.807, 2.05) is 20.8 Å². The zero-order chi connectivity index (χ0) is 17.0. The van der Waals surface area contributed by atoms with E-state index in [4.69, 9.17) is 4.74 Å². The van der Waals surface area contributed by atoms with Gasteiger partial charge < -0.3 is 15.4 Å². The van der Waals surface area contributed by atoms with Gasteiger partial charge in [-0.05, 0) is 64.7 Å². The highest BCUT2D eigenvalue weighted by Crippen LogP contribution is 2.24. The summed E-state index contributed by atoms with van der Waals surface area (Å²) in [5.74, 6) is -0.957. The first kappa shape index (κ1) is 17.5. The highest BCUT2D eigenvalue weighted by Gasteiger charge is 2.26. The third kappa shape index (κ3) is 5.69. The number of carbonyl (C=O) groups excluding carboxylic acids is 1. The van der Waals surface area contributed by atoms with Crippen LogP contribution in [0.4, 0.5) is 19.3 Å². The minimum absolute atomic E-state index is 0.0139. The van der Waals surface area contributed by atoms with Crippen molar-refractivity contribution in [2.24, 2.45) is 0 Å². The van der Waals surface area contributed by atoms with E-state index in [1.54, 1.807) is 0 Å². The number of amides is 1. The maximum Gasteiger partial charge on any atom is 0.407 e. The largest absolute Gasteiger partial charge is 0.444 e. The quantitative estimate of drug-likeness (QED) is 0.875. The maximum absolute atomic E-state index is 13.7. The van der Waals surface area contributed by atoms with E-state index in [1.165, 1.54) is 0 Å². The molecule has 1 aromatic carbocycles. The summed E-state index contributed by atoms with van der Waals surface area (Å²) >= 11 is 0. The lowest BCUT2D eigenvalue weighted by Gasteiger charge is -2.31. The summed E-state index contributed by atoms with van der Waals surface area (Å²) in [5, 5.41) is 5.88. The predicted molar refractivity (Wildman–Crippen MR) is 85.4 cm³/mol. The normalized spacial score (nSPS) is 21.6. The molecule has 1 amide bonds. The van der Waals surface area contributed by atoms with Crippen LogP contribution < -0.4 is 10.6 Å². The molecule has 4 nitrogen and oxygen atoms in total. The number of carbonyl (C=O) groups is 1. The van der Waals surface area contributed by atoms with Gasteiger partial charge in [0.05, 0.1) is 5.69 Å². The average molecular weight is 326 g/mol. The summed E-state index contributed by atoms with van der Waals surface area (Å²) in [4.78, 5) is 11.8. The molecule has 0 bridgehead atoms. The number of benzene rings is 1. The average Bonchev–Trinajstić information content (AvgIpc) is 2.41. The Labute approximate surface area is 135 Å². The van der Waals surface area contributed by atoms with Crippen molar-refractivity contribution in [3.8, 4) is 0 Å². The molecule has 128 valence electrons. The molecule has 1 aromatic rings. The predicted octanol–water partition coefficient (Wildman–Crippen LogP) is 4.21. The van der Waals surface area contributed by atoms with Gasteiger partial charge >= 0.3 is 6.09 Å². The van der Waals surface area contributed by atoms with Crippen LogP contribution in [0.15, 0.2) is 18.2 Å². The third-order valence-corrected chi connectivity index (χ3v) is 3.68. The molecule has 2 N–H and O–H groups in total. The Morgan fingerprint density at radius 2 is 1.91 bits per heavy atom. The fourth-order valence-corrected chi connectivity index (χ4v) is 2.75. The lowest BCUT2D eigenvalue weighted by Crippen LogP contribution is -2.43. The van der Waals surface area contributed by atoms with E-state index in [-0.39, 0.29) is 17.8 Å². The van der Waals surface area contributed by atoms with E-state index in [0.717, 1.165) is 37.5 Å². The number of nitrogens with one attached hydrogen (secondary N) is 2. The van der Waals surface area contributed by atoms with E-state index in [9.17, 15) is 13.6 Å². The molecule has 0 saturated heterocycles. The summed E-state index contributed by atoms with van der Waals surface area (Å²) in [6, 6.07) is 3.30. The summed E-state index contributed by atoms with van der Waals surface area (Å²) in [7, 11) is 0. The van der Waals surface area contributed by atoms with E-state index in [2.05, 4.69) is 10.6 Å². The van der Waals surface area contributed by atoms with Crippen LogP contribution in [0.1, 0.15) is 46.5 Å². The number of ether oxygens (including phenoxy) is 1. The SMILES string of the molecule is CC(C)(C)OC(=O)NC1CCCC(Nc2cc(F)ccc2F)C1. The Morgan fingerprint density at radius 1 is 1.22 bits per heavy atom. The molecule has 2 unspecified atom stereocenters.